The molecule has 4 rings (SSSR count). The van der Waals surface area contributed by atoms with E-state index >= 15 is 0 Å². The Balaban J connectivity index is 1.36. The average Bonchev–Trinajstić information content (AvgIpc) is 2.88. The molecule has 37 heavy (non-hydrogen) atoms. The predicted octanol–water partition coefficient (Wildman–Crippen LogP) is 4.56. The van der Waals surface area contributed by atoms with Gasteiger partial charge in [-0.3, -0.25) is 9.59 Å². The molecule has 0 saturated carbocycles. The lowest BCUT2D eigenvalue weighted by atomic mass is 9.93. The van der Waals surface area contributed by atoms with Gasteiger partial charge in [0.05, 0.1) is 23.0 Å². The molecule has 1 aromatic heterocycles. The second-order valence-corrected chi connectivity index (χ2v) is 8.75. The van der Waals surface area contributed by atoms with Gasteiger partial charge < -0.3 is 10.2 Å². The lowest BCUT2D eigenvalue weighted by molar-refractivity contribution is -0.146. The van der Waals surface area contributed by atoms with E-state index in [-0.39, 0.29) is 24.9 Å². The van der Waals surface area contributed by atoms with Crippen LogP contribution >= 0.6 is 0 Å². The minimum atomic E-state index is -4.39. The number of aliphatic hydroxyl groups excluding tert-OH is 1. The highest BCUT2D eigenvalue weighted by molar-refractivity contribution is 5.76. The maximum atomic E-state index is 12.8. The van der Waals surface area contributed by atoms with Crippen molar-refractivity contribution < 1.29 is 28.2 Å². The molecule has 0 aliphatic carbocycles. The van der Waals surface area contributed by atoms with Crippen LogP contribution in [0.15, 0.2) is 77.6 Å². The quantitative estimate of drug-likeness (QED) is 0.341. The van der Waals surface area contributed by atoms with Crippen molar-refractivity contribution in [2.24, 2.45) is 5.92 Å². The van der Waals surface area contributed by atoms with Crippen LogP contribution in [0.2, 0.25) is 0 Å². The molecule has 0 bridgehead atoms. The number of nitrogens with zero attached hydrogens (tertiary/aromatic N) is 3. The van der Waals surface area contributed by atoms with E-state index in [1.165, 1.54) is 12.1 Å². The number of carboxylic acids is 1. The molecule has 3 aromatic carbocycles. The molecule has 0 spiro atoms. The number of aryl methyl sites for hydroxylation is 2. The van der Waals surface area contributed by atoms with Crippen molar-refractivity contribution in [1.29, 1.82) is 0 Å². The summed E-state index contributed by atoms with van der Waals surface area (Å²) >= 11 is 0. The summed E-state index contributed by atoms with van der Waals surface area (Å²) in [6, 6.07) is 18.7. The van der Waals surface area contributed by atoms with Gasteiger partial charge in [-0.15, -0.1) is 5.10 Å². The van der Waals surface area contributed by atoms with E-state index in [0.717, 1.165) is 27.9 Å². The third-order valence-electron chi connectivity index (χ3n) is 6.29. The molecule has 0 amide bonds. The van der Waals surface area contributed by atoms with Crippen molar-refractivity contribution >= 4 is 16.9 Å². The van der Waals surface area contributed by atoms with Crippen molar-refractivity contribution in [3.05, 3.63) is 94.3 Å². The highest BCUT2D eigenvalue weighted by atomic mass is 19.4. The van der Waals surface area contributed by atoms with Gasteiger partial charge in [0, 0.05) is 6.54 Å². The SMILES string of the molecule is O=C(O)C(CCn1nnc2ccccc2c1=O)C(O)CCc1ccc(-c2ccc(C(F)(F)F)cc2)cc1. The maximum absolute atomic E-state index is 12.8. The third kappa shape index (κ3) is 6.21. The van der Waals surface area contributed by atoms with Crippen LogP contribution in [0.5, 0.6) is 0 Å². The molecule has 1 heterocycles. The monoisotopic (exact) mass is 511 g/mol. The summed E-state index contributed by atoms with van der Waals surface area (Å²) in [4.78, 5) is 24.4. The molecule has 0 saturated heterocycles. The van der Waals surface area contributed by atoms with E-state index in [1.54, 1.807) is 48.5 Å². The Kier molecular flexibility index (Phi) is 7.68. The molecule has 192 valence electrons. The topological polar surface area (TPSA) is 105 Å². The van der Waals surface area contributed by atoms with Crippen molar-refractivity contribution in [2.75, 3.05) is 0 Å². The van der Waals surface area contributed by atoms with Crippen molar-refractivity contribution in [3.63, 3.8) is 0 Å². The molecule has 2 atom stereocenters. The maximum Gasteiger partial charge on any atom is 0.416 e. The van der Waals surface area contributed by atoms with Gasteiger partial charge in [0.15, 0.2) is 0 Å². The van der Waals surface area contributed by atoms with E-state index in [9.17, 15) is 33.0 Å². The lowest BCUT2D eigenvalue weighted by Gasteiger charge is -2.19. The molecule has 4 aromatic rings. The molecule has 7 nitrogen and oxygen atoms in total. The molecule has 2 unspecified atom stereocenters. The first-order chi connectivity index (χ1) is 17.6. The first-order valence-electron chi connectivity index (χ1n) is 11.6. The zero-order valence-electron chi connectivity index (χ0n) is 19.6. The minimum Gasteiger partial charge on any atom is -0.481 e. The molecular formula is C27H24F3N3O4. The van der Waals surface area contributed by atoms with Crippen LogP contribution in [0, 0.1) is 5.92 Å². The van der Waals surface area contributed by atoms with Crippen molar-refractivity contribution in [2.45, 2.75) is 38.1 Å². The van der Waals surface area contributed by atoms with E-state index in [0.29, 0.717) is 22.9 Å². The number of alkyl halides is 3. The van der Waals surface area contributed by atoms with Gasteiger partial charge in [-0.05, 0) is 60.2 Å². The number of carboxylic acid groups (broad SMARTS) is 1. The Morgan fingerprint density at radius 1 is 0.919 bits per heavy atom. The number of halogens is 3. The van der Waals surface area contributed by atoms with Gasteiger partial charge in [-0.2, -0.15) is 13.2 Å². The minimum absolute atomic E-state index is 0.00368. The predicted molar refractivity (Wildman–Crippen MR) is 131 cm³/mol. The molecule has 0 radical (unpaired) electrons. The zero-order valence-corrected chi connectivity index (χ0v) is 19.6. The molecule has 0 aliphatic rings. The van der Waals surface area contributed by atoms with Crippen LogP contribution in [0.25, 0.3) is 22.0 Å². The fourth-order valence-corrected chi connectivity index (χ4v) is 4.14. The smallest absolute Gasteiger partial charge is 0.416 e. The molecule has 0 aliphatic heterocycles. The summed E-state index contributed by atoms with van der Waals surface area (Å²) < 4.78 is 39.4. The van der Waals surface area contributed by atoms with Crippen LogP contribution in [0.1, 0.15) is 24.0 Å². The number of aliphatic carboxylic acids is 1. The van der Waals surface area contributed by atoms with E-state index in [2.05, 4.69) is 10.3 Å². The second-order valence-electron chi connectivity index (χ2n) is 8.75. The Hall–Kier alpha value is -4.05. The molecular weight excluding hydrogens is 487 g/mol. The number of aliphatic hydroxyl groups is 1. The fourth-order valence-electron chi connectivity index (χ4n) is 4.14. The number of hydrogen-bond acceptors (Lipinski definition) is 5. The Bertz CT molecular complexity index is 1430. The van der Waals surface area contributed by atoms with Gasteiger partial charge in [0.25, 0.3) is 5.56 Å². The van der Waals surface area contributed by atoms with Crippen LogP contribution in [-0.4, -0.2) is 37.3 Å². The number of benzene rings is 3. The number of rotatable bonds is 9. The number of fused-ring (bicyclic) bond motifs is 1. The Morgan fingerprint density at radius 2 is 1.54 bits per heavy atom. The summed E-state index contributed by atoms with van der Waals surface area (Å²) in [7, 11) is 0. The second kappa shape index (κ2) is 10.9. The van der Waals surface area contributed by atoms with Crippen LogP contribution < -0.4 is 5.56 Å². The zero-order chi connectivity index (χ0) is 26.6. The first kappa shape index (κ1) is 26.0. The summed E-state index contributed by atoms with van der Waals surface area (Å²) in [6.45, 7) is -0.00742. The summed E-state index contributed by atoms with van der Waals surface area (Å²) in [6.07, 6.45) is -4.98. The Labute approximate surface area is 209 Å². The van der Waals surface area contributed by atoms with Crippen LogP contribution in [0.3, 0.4) is 0 Å². The largest absolute Gasteiger partial charge is 0.481 e. The van der Waals surface area contributed by atoms with Crippen molar-refractivity contribution in [3.8, 4) is 11.1 Å². The van der Waals surface area contributed by atoms with Gasteiger partial charge in [0.2, 0.25) is 0 Å². The summed E-state index contributed by atoms with van der Waals surface area (Å²) in [5.41, 5.74) is 1.57. The van der Waals surface area contributed by atoms with Crippen LogP contribution in [-0.2, 0) is 23.9 Å². The molecule has 0 fully saturated rings. The van der Waals surface area contributed by atoms with Crippen molar-refractivity contribution in [1.82, 2.24) is 15.0 Å². The lowest BCUT2D eigenvalue weighted by Crippen LogP contribution is -2.32. The van der Waals surface area contributed by atoms with Gasteiger partial charge in [-0.1, -0.05) is 53.7 Å². The molecule has 10 heteroatoms. The molecule has 2 N–H and O–H groups in total. The van der Waals surface area contributed by atoms with Crippen LogP contribution in [0.4, 0.5) is 13.2 Å². The highest BCUT2D eigenvalue weighted by Crippen LogP contribution is 2.31. The number of carbonyl (C=O) groups is 1. The third-order valence-corrected chi connectivity index (χ3v) is 6.29. The fraction of sp³-hybridized carbons (Fsp3) is 0.259. The summed E-state index contributed by atoms with van der Waals surface area (Å²) in [5, 5.41) is 28.5. The van der Waals surface area contributed by atoms with E-state index < -0.39 is 29.7 Å². The average molecular weight is 512 g/mol. The summed E-state index contributed by atoms with van der Waals surface area (Å²) in [5.74, 6) is -2.28. The highest BCUT2D eigenvalue weighted by Gasteiger charge is 2.30. The van der Waals surface area contributed by atoms with Gasteiger partial charge >= 0.3 is 12.1 Å². The van der Waals surface area contributed by atoms with Gasteiger partial charge in [-0.25, -0.2) is 4.68 Å². The number of hydrogen-bond donors (Lipinski definition) is 2. The first-order valence-corrected chi connectivity index (χ1v) is 11.6. The van der Waals surface area contributed by atoms with E-state index in [1.807, 2.05) is 0 Å². The van der Waals surface area contributed by atoms with Gasteiger partial charge in [0.1, 0.15) is 5.52 Å². The normalized spacial score (nSPS) is 13.4. The number of aromatic nitrogens is 3. The van der Waals surface area contributed by atoms with E-state index in [4.69, 9.17) is 0 Å². The standard InChI is InChI=1S/C27H24F3N3O4/c28-27(29,30)20-12-10-19(11-13-20)18-8-5-17(6-9-18)7-14-24(34)22(26(36)37)15-16-33-25(35)21-3-1-2-4-23(21)31-32-33/h1-6,8-13,22,24,34H,7,14-16H2,(H,36,37). The Morgan fingerprint density at radius 3 is 2.16 bits per heavy atom.